The van der Waals surface area contributed by atoms with E-state index in [1.54, 1.807) is 12.1 Å². The van der Waals surface area contributed by atoms with E-state index in [4.69, 9.17) is 16.3 Å². The minimum Gasteiger partial charge on any atom is -0.452 e. The Morgan fingerprint density at radius 3 is 2.58 bits per heavy atom. The molecule has 2 rings (SSSR count). The zero-order valence-corrected chi connectivity index (χ0v) is 11.7. The smallest absolute Gasteiger partial charge is 0.166 e. The maximum absolute atomic E-state index is 13.8. The Morgan fingerprint density at radius 1 is 1.21 bits per heavy atom. The SMILES string of the molecule is CCc1nc(C)ccc1Oc1ccc(CCl)cc1F. The Labute approximate surface area is 117 Å². The summed E-state index contributed by atoms with van der Waals surface area (Å²) in [6, 6.07) is 8.39. The van der Waals surface area contributed by atoms with Crippen molar-refractivity contribution in [2.24, 2.45) is 0 Å². The van der Waals surface area contributed by atoms with Gasteiger partial charge in [-0.15, -0.1) is 11.6 Å². The van der Waals surface area contributed by atoms with Crippen LogP contribution in [0.2, 0.25) is 0 Å². The van der Waals surface area contributed by atoms with Crippen molar-refractivity contribution in [2.45, 2.75) is 26.1 Å². The third-order valence-corrected chi connectivity index (χ3v) is 3.09. The summed E-state index contributed by atoms with van der Waals surface area (Å²) < 4.78 is 19.4. The summed E-state index contributed by atoms with van der Waals surface area (Å²) in [5.41, 5.74) is 2.47. The zero-order valence-electron chi connectivity index (χ0n) is 10.9. The fourth-order valence-electron chi connectivity index (χ4n) is 1.77. The molecule has 0 aliphatic heterocycles. The number of nitrogens with zero attached hydrogens (tertiary/aromatic N) is 1. The molecular formula is C15H15ClFNO. The second-order valence-corrected chi connectivity index (χ2v) is 4.52. The lowest BCUT2D eigenvalue weighted by Gasteiger charge is -2.11. The van der Waals surface area contributed by atoms with Crippen LogP contribution in [0.3, 0.4) is 0 Å². The summed E-state index contributed by atoms with van der Waals surface area (Å²) in [5, 5.41) is 0. The summed E-state index contributed by atoms with van der Waals surface area (Å²) >= 11 is 5.66. The Kier molecular flexibility index (Phi) is 4.38. The molecule has 1 aromatic carbocycles. The fourth-order valence-corrected chi connectivity index (χ4v) is 1.94. The van der Waals surface area contributed by atoms with Crippen molar-refractivity contribution in [1.82, 2.24) is 4.98 Å². The van der Waals surface area contributed by atoms with Crippen LogP contribution in [0.1, 0.15) is 23.9 Å². The summed E-state index contributed by atoms with van der Waals surface area (Å²) in [6.45, 7) is 3.90. The van der Waals surface area contributed by atoms with Crippen LogP contribution in [-0.2, 0) is 12.3 Å². The molecule has 0 radical (unpaired) electrons. The van der Waals surface area contributed by atoms with Gasteiger partial charge in [0.25, 0.3) is 0 Å². The standard InChI is InChI=1S/C15H15ClFNO/c1-3-13-15(6-4-10(2)18-13)19-14-7-5-11(9-16)8-12(14)17/h4-8H,3,9H2,1-2H3. The van der Waals surface area contributed by atoms with Crippen molar-refractivity contribution >= 4 is 11.6 Å². The van der Waals surface area contributed by atoms with Gasteiger partial charge >= 0.3 is 0 Å². The first-order valence-electron chi connectivity index (χ1n) is 6.12. The molecule has 2 nitrogen and oxygen atoms in total. The molecule has 0 aliphatic carbocycles. The van der Waals surface area contributed by atoms with E-state index < -0.39 is 5.82 Å². The zero-order chi connectivity index (χ0) is 13.8. The Morgan fingerprint density at radius 2 is 1.95 bits per heavy atom. The lowest BCUT2D eigenvalue weighted by atomic mass is 10.2. The van der Waals surface area contributed by atoms with Crippen molar-refractivity contribution in [3.63, 3.8) is 0 Å². The molecule has 0 fully saturated rings. The van der Waals surface area contributed by atoms with Crippen LogP contribution in [0, 0.1) is 12.7 Å². The normalized spacial score (nSPS) is 10.5. The molecule has 0 amide bonds. The molecule has 2 aromatic rings. The summed E-state index contributed by atoms with van der Waals surface area (Å²) in [6.07, 6.45) is 0.735. The molecule has 0 saturated carbocycles. The van der Waals surface area contributed by atoms with E-state index in [-0.39, 0.29) is 11.6 Å². The van der Waals surface area contributed by atoms with Crippen molar-refractivity contribution in [1.29, 1.82) is 0 Å². The van der Waals surface area contributed by atoms with Gasteiger partial charge in [0.05, 0.1) is 5.69 Å². The molecule has 1 heterocycles. The number of aryl methyl sites for hydroxylation is 2. The third-order valence-electron chi connectivity index (χ3n) is 2.78. The molecular weight excluding hydrogens is 265 g/mol. The quantitative estimate of drug-likeness (QED) is 0.762. The second kappa shape index (κ2) is 6.02. The minimum atomic E-state index is -0.416. The summed E-state index contributed by atoms with van der Waals surface area (Å²) in [5.74, 6) is 0.643. The lowest BCUT2D eigenvalue weighted by molar-refractivity contribution is 0.435. The highest BCUT2D eigenvalue weighted by Crippen LogP contribution is 2.28. The number of halogens is 2. The predicted octanol–water partition coefficient (Wildman–Crippen LogP) is 4.62. The van der Waals surface area contributed by atoms with E-state index in [0.29, 0.717) is 5.75 Å². The van der Waals surface area contributed by atoms with E-state index >= 15 is 0 Å². The molecule has 0 bridgehead atoms. The van der Waals surface area contributed by atoms with Crippen LogP contribution >= 0.6 is 11.6 Å². The van der Waals surface area contributed by atoms with E-state index in [1.807, 2.05) is 26.0 Å². The molecule has 0 aliphatic rings. The molecule has 4 heteroatoms. The van der Waals surface area contributed by atoms with Crippen LogP contribution in [-0.4, -0.2) is 4.98 Å². The molecule has 0 N–H and O–H groups in total. The maximum atomic E-state index is 13.8. The third kappa shape index (κ3) is 3.24. The van der Waals surface area contributed by atoms with Gasteiger partial charge < -0.3 is 4.74 Å². The van der Waals surface area contributed by atoms with Crippen molar-refractivity contribution in [3.05, 3.63) is 53.1 Å². The topological polar surface area (TPSA) is 22.1 Å². The Bertz CT molecular complexity index is 586. The van der Waals surface area contributed by atoms with Crippen LogP contribution in [0.25, 0.3) is 0 Å². The number of benzene rings is 1. The summed E-state index contributed by atoms with van der Waals surface area (Å²) in [7, 11) is 0. The number of hydrogen-bond donors (Lipinski definition) is 0. The van der Waals surface area contributed by atoms with Crippen LogP contribution < -0.4 is 4.74 Å². The number of pyridine rings is 1. The van der Waals surface area contributed by atoms with Gasteiger partial charge in [0.1, 0.15) is 5.75 Å². The number of rotatable bonds is 4. The highest BCUT2D eigenvalue weighted by Gasteiger charge is 2.09. The lowest BCUT2D eigenvalue weighted by Crippen LogP contribution is -1.97. The van der Waals surface area contributed by atoms with Gasteiger partial charge in [-0.05, 0) is 43.2 Å². The van der Waals surface area contributed by atoms with Gasteiger partial charge in [-0.3, -0.25) is 4.98 Å². The Balaban J connectivity index is 2.31. The number of hydrogen-bond acceptors (Lipinski definition) is 2. The first kappa shape index (κ1) is 13.8. The highest BCUT2D eigenvalue weighted by atomic mass is 35.5. The van der Waals surface area contributed by atoms with E-state index in [9.17, 15) is 4.39 Å². The van der Waals surface area contributed by atoms with Gasteiger partial charge in [-0.25, -0.2) is 4.39 Å². The van der Waals surface area contributed by atoms with Crippen molar-refractivity contribution in [3.8, 4) is 11.5 Å². The van der Waals surface area contributed by atoms with Crippen LogP contribution in [0.4, 0.5) is 4.39 Å². The molecule has 19 heavy (non-hydrogen) atoms. The van der Waals surface area contributed by atoms with Crippen molar-refractivity contribution < 1.29 is 9.13 Å². The first-order valence-corrected chi connectivity index (χ1v) is 6.66. The van der Waals surface area contributed by atoms with Gasteiger partial charge in [-0.1, -0.05) is 13.0 Å². The molecule has 0 unspecified atom stereocenters. The van der Waals surface area contributed by atoms with E-state index in [1.165, 1.54) is 6.07 Å². The van der Waals surface area contributed by atoms with Crippen LogP contribution in [0.5, 0.6) is 11.5 Å². The molecule has 0 atom stereocenters. The predicted molar refractivity (Wildman–Crippen MR) is 74.4 cm³/mol. The average Bonchev–Trinajstić information content (AvgIpc) is 2.42. The largest absolute Gasteiger partial charge is 0.452 e. The van der Waals surface area contributed by atoms with E-state index in [2.05, 4.69) is 4.98 Å². The molecule has 100 valence electrons. The van der Waals surface area contributed by atoms with Gasteiger partial charge in [0.2, 0.25) is 0 Å². The maximum Gasteiger partial charge on any atom is 0.166 e. The number of aromatic nitrogens is 1. The van der Waals surface area contributed by atoms with Crippen LogP contribution in [0.15, 0.2) is 30.3 Å². The van der Waals surface area contributed by atoms with Gasteiger partial charge in [0, 0.05) is 11.6 Å². The number of alkyl halides is 1. The minimum absolute atomic E-state index is 0.189. The van der Waals surface area contributed by atoms with Crippen molar-refractivity contribution in [2.75, 3.05) is 0 Å². The fraction of sp³-hybridized carbons (Fsp3) is 0.267. The molecule has 0 spiro atoms. The first-order chi connectivity index (χ1) is 9.13. The number of ether oxygens (including phenoxy) is 1. The average molecular weight is 280 g/mol. The highest BCUT2D eigenvalue weighted by molar-refractivity contribution is 6.17. The molecule has 1 aromatic heterocycles. The summed E-state index contributed by atoms with van der Waals surface area (Å²) in [4.78, 5) is 4.38. The van der Waals surface area contributed by atoms with E-state index in [0.717, 1.165) is 23.4 Å². The second-order valence-electron chi connectivity index (χ2n) is 4.25. The monoisotopic (exact) mass is 279 g/mol. The van der Waals surface area contributed by atoms with Gasteiger partial charge in [0.15, 0.2) is 11.6 Å². The Hall–Kier alpha value is -1.61. The molecule has 0 saturated heterocycles. The van der Waals surface area contributed by atoms with Gasteiger partial charge in [-0.2, -0.15) is 0 Å².